The lowest BCUT2D eigenvalue weighted by Gasteiger charge is -2.14. The monoisotopic (exact) mass is 159 g/mol. The molecule has 0 aliphatic carbocycles. The van der Waals surface area contributed by atoms with Crippen LogP contribution in [0.2, 0.25) is 0 Å². The molecule has 0 fully saturated rings. The van der Waals surface area contributed by atoms with Gasteiger partial charge in [-0.2, -0.15) is 5.26 Å². The van der Waals surface area contributed by atoms with Crippen molar-refractivity contribution >= 4 is 0 Å². The van der Waals surface area contributed by atoms with E-state index in [0.29, 0.717) is 26.1 Å². The van der Waals surface area contributed by atoms with Gasteiger partial charge in [-0.3, -0.25) is 0 Å². The second-order valence-electron chi connectivity index (χ2n) is 2.36. The van der Waals surface area contributed by atoms with Gasteiger partial charge < -0.3 is 15.1 Å². The predicted octanol–water partition coefficient (Wildman–Crippen LogP) is -2.23. The summed E-state index contributed by atoms with van der Waals surface area (Å²) in [6.07, 6.45) is 0.481. The van der Waals surface area contributed by atoms with Gasteiger partial charge in [0, 0.05) is 0 Å². The zero-order valence-electron chi connectivity index (χ0n) is 6.58. The average Bonchev–Trinajstić information content (AvgIpc) is 2.01. The molecule has 0 aliphatic heterocycles. The predicted molar refractivity (Wildman–Crippen MR) is 40.0 cm³/mol. The Hall–Kier alpha value is -0.630. The molecule has 0 aromatic rings. The molecule has 4 heteroatoms. The molecule has 3 N–H and O–H groups in total. The van der Waals surface area contributed by atoms with Crippen molar-refractivity contribution in [2.24, 2.45) is 0 Å². The van der Waals surface area contributed by atoms with Crippen molar-refractivity contribution in [3.63, 3.8) is 0 Å². The van der Waals surface area contributed by atoms with Crippen LogP contribution in [0.4, 0.5) is 0 Å². The molecule has 0 saturated carbocycles. The van der Waals surface area contributed by atoms with E-state index >= 15 is 0 Å². The lowest BCUT2D eigenvalue weighted by molar-refractivity contribution is -0.900. The van der Waals surface area contributed by atoms with Gasteiger partial charge in [0.05, 0.1) is 32.2 Å². The first kappa shape index (κ1) is 10.4. The van der Waals surface area contributed by atoms with Crippen LogP contribution in [0.25, 0.3) is 0 Å². The van der Waals surface area contributed by atoms with Crippen LogP contribution < -0.4 is 4.90 Å². The smallest absolute Gasteiger partial charge is 0.101 e. The molecule has 0 amide bonds. The largest absolute Gasteiger partial charge is 0.391 e. The van der Waals surface area contributed by atoms with Crippen LogP contribution in [0.15, 0.2) is 0 Å². The van der Waals surface area contributed by atoms with Gasteiger partial charge in [0.15, 0.2) is 0 Å². The SMILES string of the molecule is N#CCC[NH+](CCO)CCO. The number of hydrogen-bond acceptors (Lipinski definition) is 3. The van der Waals surface area contributed by atoms with Gasteiger partial charge in [-0.25, -0.2) is 0 Å². The molecule has 11 heavy (non-hydrogen) atoms. The highest BCUT2D eigenvalue weighted by atomic mass is 16.3. The fourth-order valence-corrected chi connectivity index (χ4v) is 0.924. The molecule has 0 radical (unpaired) electrons. The Balaban J connectivity index is 3.44. The molecule has 0 aromatic carbocycles. The molecule has 0 aromatic heterocycles. The van der Waals surface area contributed by atoms with Crippen LogP contribution in [0, 0.1) is 11.3 Å². The number of hydrogen-bond donors (Lipinski definition) is 3. The number of aliphatic hydroxyl groups is 2. The summed E-state index contributed by atoms with van der Waals surface area (Å²) in [7, 11) is 0. The van der Waals surface area contributed by atoms with Crippen LogP contribution in [-0.2, 0) is 0 Å². The summed E-state index contributed by atoms with van der Waals surface area (Å²) in [5, 5.41) is 25.4. The van der Waals surface area contributed by atoms with Crippen LogP contribution in [0.1, 0.15) is 6.42 Å². The molecule has 0 bridgehead atoms. The van der Waals surface area contributed by atoms with Gasteiger partial charge >= 0.3 is 0 Å². The maximum Gasteiger partial charge on any atom is 0.101 e. The normalized spacial score (nSPS) is 10.0. The standard InChI is InChI=1S/C7H14N2O2/c8-2-1-3-9(4-6-10)5-7-11/h10-11H,1,3-7H2/p+1. The molecule has 4 nitrogen and oxygen atoms in total. The molecule has 0 saturated heterocycles. The Morgan fingerprint density at radius 3 is 2.00 bits per heavy atom. The second kappa shape index (κ2) is 7.48. The first-order valence-corrected chi connectivity index (χ1v) is 3.77. The Kier molecular flexibility index (Phi) is 7.05. The van der Waals surface area contributed by atoms with Gasteiger partial charge in [-0.1, -0.05) is 0 Å². The van der Waals surface area contributed by atoms with Crippen molar-refractivity contribution in [3.8, 4) is 6.07 Å². The number of aliphatic hydroxyl groups excluding tert-OH is 2. The molecule has 0 rings (SSSR count). The van der Waals surface area contributed by atoms with Crippen molar-refractivity contribution in [3.05, 3.63) is 0 Å². The van der Waals surface area contributed by atoms with Crippen molar-refractivity contribution in [2.75, 3.05) is 32.8 Å². The van der Waals surface area contributed by atoms with Crippen LogP contribution >= 0.6 is 0 Å². The highest BCUT2D eigenvalue weighted by molar-refractivity contribution is 4.66. The Labute approximate surface area is 66.7 Å². The fourth-order valence-electron chi connectivity index (χ4n) is 0.924. The number of quaternary nitrogens is 1. The van der Waals surface area contributed by atoms with Gasteiger partial charge in [-0.15, -0.1) is 0 Å². The highest BCUT2D eigenvalue weighted by Gasteiger charge is 2.04. The van der Waals surface area contributed by atoms with Crippen molar-refractivity contribution in [1.29, 1.82) is 5.26 Å². The summed E-state index contributed by atoms with van der Waals surface area (Å²) in [5.74, 6) is 0. The molecular formula is C7H15N2O2+. The lowest BCUT2D eigenvalue weighted by Crippen LogP contribution is -3.13. The minimum atomic E-state index is 0.112. The summed E-state index contributed by atoms with van der Waals surface area (Å²) in [6.45, 7) is 2.16. The number of nitriles is 1. The van der Waals surface area contributed by atoms with E-state index in [4.69, 9.17) is 15.5 Å². The van der Waals surface area contributed by atoms with E-state index < -0.39 is 0 Å². The van der Waals surface area contributed by atoms with E-state index in [2.05, 4.69) is 0 Å². The Bertz CT molecular complexity index is 116. The molecule has 0 atom stereocenters. The molecule has 0 spiro atoms. The third-order valence-corrected chi connectivity index (χ3v) is 1.52. The zero-order chi connectivity index (χ0) is 8.53. The Morgan fingerprint density at radius 1 is 1.09 bits per heavy atom. The minimum absolute atomic E-state index is 0.112. The molecule has 0 aliphatic rings. The topological polar surface area (TPSA) is 68.7 Å². The number of rotatable bonds is 6. The third kappa shape index (κ3) is 5.80. The summed E-state index contributed by atoms with van der Waals surface area (Å²) < 4.78 is 0. The van der Waals surface area contributed by atoms with Gasteiger partial charge in [0.1, 0.15) is 13.1 Å². The van der Waals surface area contributed by atoms with Crippen LogP contribution in [0.3, 0.4) is 0 Å². The molecule has 0 unspecified atom stereocenters. The average molecular weight is 159 g/mol. The molecular weight excluding hydrogens is 144 g/mol. The van der Waals surface area contributed by atoms with E-state index in [1.54, 1.807) is 0 Å². The minimum Gasteiger partial charge on any atom is -0.391 e. The first-order chi connectivity index (χ1) is 5.35. The summed E-state index contributed by atoms with van der Waals surface area (Å²) in [5.41, 5.74) is 0. The van der Waals surface area contributed by atoms with Crippen LogP contribution in [-0.4, -0.2) is 43.1 Å². The van der Waals surface area contributed by atoms with E-state index in [1.807, 2.05) is 6.07 Å². The van der Waals surface area contributed by atoms with E-state index in [1.165, 1.54) is 0 Å². The summed E-state index contributed by atoms with van der Waals surface area (Å²) in [6, 6.07) is 2.03. The van der Waals surface area contributed by atoms with E-state index in [0.717, 1.165) is 4.90 Å². The third-order valence-electron chi connectivity index (χ3n) is 1.52. The van der Waals surface area contributed by atoms with E-state index in [-0.39, 0.29) is 13.2 Å². The summed E-state index contributed by atoms with van der Waals surface area (Å²) >= 11 is 0. The quantitative estimate of drug-likeness (QED) is 0.411. The first-order valence-electron chi connectivity index (χ1n) is 3.77. The molecule has 64 valence electrons. The van der Waals surface area contributed by atoms with Crippen LogP contribution in [0.5, 0.6) is 0 Å². The van der Waals surface area contributed by atoms with Crippen molar-refractivity contribution in [2.45, 2.75) is 6.42 Å². The number of nitrogens with zero attached hydrogens (tertiary/aromatic N) is 1. The maximum atomic E-state index is 8.58. The van der Waals surface area contributed by atoms with Gasteiger partial charge in [0.25, 0.3) is 0 Å². The fraction of sp³-hybridized carbons (Fsp3) is 0.857. The zero-order valence-corrected chi connectivity index (χ0v) is 6.58. The highest BCUT2D eigenvalue weighted by Crippen LogP contribution is 1.64. The van der Waals surface area contributed by atoms with E-state index in [9.17, 15) is 0 Å². The second-order valence-corrected chi connectivity index (χ2v) is 2.36. The maximum absolute atomic E-state index is 8.58. The Morgan fingerprint density at radius 2 is 1.64 bits per heavy atom. The van der Waals surface area contributed by atoms with Gasteiger partial charge in [-0.05, 0) is 0 Å². The number of nitrogens with one attached hydrogen (secondary N) is 1. The van der Waals surface area contributed by atoms with Gasteiger partial charge in [0.2, 0.25) is 0 Å². The molecule has 0 heterocycles. The lowest BCUT2D eigenvalue weighted by atomic mass is 10.4. The van der Waals surface area contributed by atoms with Crippen molar-refractivity contribution in [1.82, 2.24) is 0 Å². The summed E-state index contributed by atoms with van der Waals surface area (Å²) in [4.78, 5) is 1.08. The van der Waals surface area contributed by atoms with Crippen molar-refractivity contribution < 1.29 is 15.1 Å².